The molecule has 1 fully saturated rings. The molecule has 0 unspecified atom stereocenters. The second-order valence-corrected chi connectivity index (χ2v) is 6.43. The maximum absolute atomic E-state index is 11.5. The first kappa shape index (κ1) is 22.8. The third-order valence-electron chi connectivity index (χ3n) is 4.65. The van der Waals surface area contributed by atoms with Gasteiger partial charge in [-0.3, -0.25) is 0 Å². The molecule has 1 aliphatic heterocycles. The predicted molar refractivity (Wildman–Crippen MR) is 96.8 cm³/mol. The SMILES string of the molecule is C=C[C@](C)(CC/C=C(\C)C(=O)OC)O[C@@H]1OC[C@@H](OC)[C@H](OC)[C@H]1OC. The maximum Gasteiger partial charge on any atom is 0.333 e. The van der Waals surface area contributed by atoms with E-state index in [-0.39, 0.29) is 18.2 Å². The minimum absolute atomic E-state index is 0.231. The Bertz CT molecular complexity index is 490. The number of methoxy groups -OCH3 is 4. The molecule has 26 heavy (non-hydrogen) atoms. The number of rotatable bonds is 10. The highest BCUT2D eigenvalue weighted by Crippen LogP contribution is 2.29. The summed E-state index contributed by atoms with van der Waals surface area (Å²) in [7, 11) is 6.17. The van der Waals surface area contributed by atoms with Crippen LogP contribution in [-0.2, 0) is 33.2 Å². The zero-order valence-corrected chi connectivity index (χ0v) is 16.7. The monoisotopic (exact) mass is 372 g/mol. The Balaban J connectivity index is 2.78. The Morgan fingerprint density at radius 2 is 1.85 bits per heavy atom. The third-order valence-corrected chi connectivity index (χ3v) is 4.65. The zero-order chi connectivity index (χ0) is 19.7. The molecule has 0 bridgehead atoms. The fraction of sp³-hybridized carbons (Fsp3) is 0.737. The van der Waals surface area contributed by atoms with Gasteiger partial charge in [-0.2, -0.15) is 0 Å². The molecule has 0 radical (unpaired) electrons. The van der Waals surface area contributed by atoms with Gasteiger partial charge in [-0.1, -0.05) is 12.2 Å². The molecule has 1 rings (SSSR count). The largest absolute Gasteiger partial charge is 0.466 e. The topological polar surface area (TPSA) is 72.5 Å². The molecular weight excluding hydrogens is 340 g/mol. The average Bonchev–Trinajstić information content (AvgIpc) is 2.66. The van der Waals surface area contributed by atoms with Crippen molar-refractivity contribution in [2.75, 3.05) is 35.0 Å². The van der Waals surface area contributed by atoms with Gasteiger partial charge in [0.05, 0.1) is 19.3 Å². The highest BCUT2D eigenvalue weighted by atomic mass is 16.7. The molecule has 7 nitrogen and oxygen atoms in total. The maximum atomic E-state index is 11.5. The molecule has 0 amide bonds. The van der Waals surface area contributed by atoms with E-state index in [1.165, 1.54) is 7.11 Å². The minimum atomic E-state index is -0.660. The van der Waals surface area contributed by atoms with E-state index in [9.17, 15) is 4.79 Å². The lowest BCUT2D eigenvalue weighted by molar-refractivity contribution is -0.303. The highest BCUT2D eigenvalue weighted by Gasteiger charge is 2.44. The van der Waals surface area contributed by atoms with Crippen LogP contribution < -0.4 is 0 Å². The third kappa shape index (κ3) is 5.89. The number of carbonyl (C=O) groups excluding carboxylic acids is 1. The lowest BCUT2D eigenvalue weighted by Crippen LogP contribution is -2.57. The lowest BCUT2D eigenvalue weighted by atomic mass is 9.98. The molecule has 1 aliphatic rings. The Morgan fingerprint density at radius 3 is 2.35 bits per heavy atom. The molecule has 150 valence electrons. The van der Waals surface area contributed by atoms with Gasteiger partial charge in [-0.05, 0) is 26.7 Å². The van der Waals surface area contributed by atoms with E-state index >= 15 is 0 Å². The van der Waals surface area contributed by atoms with Gasteiger partial charge in [0.2, 0.25) is 0 Å². The van der Waals surface area contributed by atoms with Crippen molar-refractivity contribution in [2.24, 2.45) is 0 Å². The standard InChI is InChI=1S/C19H32O7/c1-8-19(3,11-9-10-13(2)17(20)24-7)26-18-16(23-6)15(22-5)14(21-4)12-25-18/h8,10,14-16,18H,1,9,11-12H2,2-7H3/b13-10+/t14-,15+,16-,18+,19-/m1/s1. The number of esters is 1. The van der Waals surface area contributed by atoms with Crippen LogP contribution in [0.4, 0.5) is 0 Å². The smallest absolute Gasteiger partial charge is 0.333 e. The molecule has 7 heteroatoms. The van der Waals surface area contributed by atoms with Crippen LogP contribution in [0.5, 0.6) is 0 Å². The Kier molecular flexibility index (Phi) is 9.46. The number of allylic oxidation sites excluding steroid dienone is 1. The quantitative estimate of drug-likeness (QED) is 0.331. The van der Waals surface area contributed by atoms with E-state index in [1.54, 1.807) is 34.3 Å². The van der Waals surface area contributed by atoms with Crippen molar-refractivity contribution in [3.8, 4) is 0 Å². The molecule has 0 spiro atoms. The average molecular weight is 372 g/mol. The van der Waals surface area contributed by atoms with Crippen LogP contribution in [0.15, 0.2) is 24.3 Å². The second-order valence-electron chi connectivity index (χ2n) is 6.43. The van der Waals surface area contributed by atoms with Gasteiger partial charge in [0.15, 0.2) is 6.29 Å². The summed E-state index contributed by atoms with van der Waals surface area (Å²) in [6.45, 7) is 7.86. The minimum Gasteiger partial charge on any atom is -0.466 e. The van der Waals surface area contributed by atoms with Crippen LogP contribution in [0.1, 0.15) is 26.7 Å². The van der Waals surface area contributed by atoms with Crippen LogP contribution >= 0.6 is 0 Å². The van der Waals surface area contributed by atoms with Crippen molar-refractivity contribution in [1.82, 2.24) is 0 Å². The molecule has 0 aliphatic carbocycles. The van der Waals surface area contributed by atoms with Crippen molar-refractivity contribution >= 4 is 5.97 Å². The summed E-state index contributed by atoms with van der Waals surface area (Å²) >= 11 is 0. The van der Waals surface area contributed by atoms with Gasteiger partial charge in [0.1, 0.15) is 18.3 Å². The summed E-state index contributed by atoms with van der Waals surface area (Å²) in [4.78, 5) is 11.5. The number of carbonyl (C=O) groups is 1. The predicted octanol–water partition coefficient (Wildman–Crippen LogP) is 2.25. The van der Waals surface area contributed by atoms with Gasteiger partial charge in [-0.25, -0.2) is 4.79 Å². The molecule has 0 N–H and O–H groups in total. The molecular formula is C19H32O7. The molecule has 1 heterocycles. The number of ether oxygens (including phenoxy) is 6. The van der Waals surface area contributed by atoms with E-state index in [4.69, 9.17) is 28.4 Å². The van der Waals surface area contributed by atoms with Gasteiger partial charge >= 0.3 is 5.97 Å². The van der Waals surface area contributed by atoms with Crippen molar-refractivity contribution in [1.29, 1.82) is 0 Å². The number of hydrogen-bond donors (Lipinski definition) is 0. The van der Waals surface area contributed by atoms with Crippen molar-refractivity contribution < 1.29 is 33.2 Å². The van der Waals surface area contributed by atoms with E-state index < -0.39 is 18.0 Å². The van der Waals surface area contributed by atoms with Gasteiger partial charge in [0.25, 0.3) is 0 Å². The van der Waals surface area contributed by atoms with Crippen molar-refractivity contribution in [2.45, 2.75) is 56.9 Å². The summed E-state index contributed by atoms with van der Waals surface area (Å²) in [5.74, 6) is -0.338. The first-order chi connectivity index (χ1) is 12.4. The Hall–Kier alpha value is -1.25. The van der Waals surface area contributed by atoms with Crippen molar-refractivity contribution in [3.05, 3.63) is 24.3 Å². The Labute approximate surface area is 156 Å². The molecule has 5 atom stereocenters. The van der Waals surface area contributed by atoms with E-state index in [2.05, 4.69) is 6.58 Å². The fourth-order valence-electron chi connectivity index (χ4n) is 2.87. The summed E-state index contributed by atoms with van der Waals surface area (Å²) in [6.07, 6.45) is 3.20. The molecule has 0 aromatic rings. The summed E-state index contributed by atoms with van der Waals surface area (Å²) in [5.41, 5.74) is -0.100. The van der Waals surface area contributed by atoms with Gasteiger partial charge < -0.3 is 28.4 Å². The van der Waals surface area contributed by atoms with Crippen molar-refractivity contribution in [3.63, 3.8) is 0 Å². The second kappa shape index (κ2) is 10.8. The van der Waals surface area contributed by atoms with Crippen LogP contribution in [0, 0.1) is 0 Å². The van der Waals surface area contributed by atoms with E-state index in [1.807, 2.05) is 13.0 Å². The molecule has 0 saturated carbocycles. The first-order valence-corrected chi connectivity index (χ1v) is 8.62. The van der Waals surface area contributed by atoms with Crippen LogP contribution in [0.2, 0.25) is 0 Å². The van der Waals surface area contributed by atoms with Gasteiger partial charge in [-0.15, -0.1) is 6.58 Å². The molecule has 0 aromatic heterocycles. The lowest BCUT2D eigenvalue weighted by Gasteiger charge is -2.43. The molecule has 0 aromatic carbocycles. The normalized spacial score (nSPS) is 29.1. The number of hydrogen-bond acceptors (Lipinski definition) is 7. The first-order valence-electron chi connectivity index (χ1n) is 8.62. The zero-order valence-electron chi connectivity index (χ0n) is 16.7. The summed E-state index contributed by atoms with van der Waals surface area (Å²) < 4.78 is 33.2. The van der Waals surface area contributed by atoms with Gasteiger partial charge in [0, 0.05) is 26.9 Å². The van der Waals surface area contributed by atoms with Crippen LogP contribution in [0.25, 0.3) is 0 Å². The van der Waals surface area contributed by atoms with Crippen LogP contribution in [0.3, 0.4) is 0 Å². The fourth-order valence-corrected chi connectivity index (χ4v) is 2.87. The summed E-state index contributed by atoms with van der Waals surface area (Å²) in [6, 6.07) is 0. The highest BCUT2D eigenvalue weighted by molar-refractivity contribution is 5.87. The van der Waals surface area contributed by atoms with E-state index in [0.717, 1.165) is 0 Å². The Morgan fingerprint density at radius 1 is 1.19 bits per heavy atom. The molecule has 1 saturated heterocycles. The van der Waals surface area contributed by atoms with E-state index in [0.29, 0.717) is 25.0 Å². The summed E-state index contributed by atoms with van der Waals surface area (Å²) in [5, 5.41) is 0. The van der Waals surface area contributed by atoms with Crippen LogP contribution in [-0.4, -0.2) is 71.2 Å².